The molecule has 0 aromatic rings. The summed E-state index contributed by atoms with van der Waals surface area (Å²) in [5.74, 6) is 0. The van der Waals surface area contributed by atoms with Gasteiger partial charge < -0.3 is 19.3 Å². The van der Waals surface area contributed by atoms with E-state index >= 15 is 0 Å². The Morgan fingerprint density at radius 3 is 2.24 bits per heavy atom. The summed E-state index contributed by atoms with van der Waals surface area (Å²) in [4.78, 5) is 25.9. The van der Waals surface area contributed by atoms with Crippen molar-refractivity contribution >= 4 is 12.2 Å². The predicted octanol–water partition coefficient (Wildman–Crippen LogP) is 1.30. The number of nitrogens with zero attached hydrogens (tertiary/aromatic N) is 2. The third-order valence-electron chi connectivity index (χ3n) is 2.52. The van der Waals surface area contributed by atoms with E-state index in [-0.39, 0.29) is 18.2 Å². The van der Waals surface area contributed by atoms with Crippen molar-refractivity contribution in [2.45, 2.75) is 32.4 Å². The van der Waals surface area contributed by atoms with Gasteiger partial charge in [0.05, 0.1) is 13.2 Å². The van der Waals surface area contributed by atoms with Crippen LogP contribution in [-0.4, -0.2) is 60.9 Å². The van der Waals surface area contributed by atoms with Crippen molar-refractivity contribution in [3.05, 3.63) is 0 Å². The van der Waals surface area contributed by atoms with Crippen LogP contribution in [0, 0.1) is 0 Å². The first-order valence-electron chi connectivity index (χ1n) is 5.53. The minimum absolute atomic E-state index is 0.00923. The number of likely N-dealkylation sites (N-methyl/N-ethyl adjacent to an activating group) is 1. The number of ether oxygens (including phenoxy) is 2. The van der Waals surface area contributed by atoms with Crippen LogP contribution in [0.3, 0.4) is 0 Å². The number of hydrogen-bond acceptors (Lipinski definition) is 4. The molecule has 0 aromatic heterocycles. The summed E-state index contributed by atoms with van der Waals surface area (Å²) in [5, 5.41) is 0. The predicted molar refractivity (Wildman–Crippen MR) is 61.8 cm³/mol. The van der Waals surface area contributed by atoms with E-state index in [0.717, 1.165) is 0 Å². The van der Waals surface area contributed by atoms with E-state index in [1.807, 2.05) is 20.8 Å². The molecular weight excluding hydrogens is 224 g/mol. The lowest BCUT2D eigenvalue weighted by Gasteiger charge is -2.43. The first-order valence-corrected chi connectivity index (χ1v) is 5.53. The Morgan fingerprint density at radius 1 is 1.29 bits per heavy atom. The summed E-state index contributed by atoms with van der Waals surface area (Å²) in [6, 6.07) is 0.00923. The maximum absolute atomic E-state index is 11.6. The van der Waals surface area contributed by atoms with Crippen molar-refractivity contribution in [1.82, 2.24) is 9.80 Å². The summed E-state index contributed by atoms with van der Waals surface area (Å²) >= 11 is 0. The van der Waals surface area contributed by atoms with Crippen molar-refractivity contribution in [3.63, 3.8) is 0 Å². The van der Waals surface area contributed by atoms with E-state index in [9.17, 15) is 9.59 Å². The van der Waals surface area contributed by atoms with E-state index in [4.69, 9.17) is 4.74 Å². The normalized spacial score (nSPS) is 16.2. The number of carbonyl (C=O) groups is 2. The van der Waals surface area contributed by atoms with E-state index in [0.29, 0.717) is 13.1 Å². The molecule has 1 fully saturated rings. The fourth-order valence-electron chi connectivity index (χ4n) is 1.47. The van der Waals surface area contributed by atoms with Crippen LogP contribution < -0.4 is 0 Å². The van der Waals surface area contributed by atoms with Crippen LogP contribution in [0.5, 0.6) is 0 Å². The Kier molecular flexibility index (Phi) is 3.85. The van der Waals surface area contributed by atoms with Crippen LogP contribution in [0.1, 0.15) is 20.8 Å². The molecule has 0 saturated carbocycles. The molecule has 0 bridgehead atoms. The molecule has 0 unspecified atom stereocenters. The molecule has 98 valence electrons. The molecule has 17 heavy (non-hydrogen) atoms. The van der Waals surface area contributed by atoms with Crippen LogP contribution in [0.2, 0.25) is 0 Å². The second kappa shape index (κ2) is 4.81. The maximum Gasteiger partial charge on any atom is 0.410 e. The SMILES string of the molecule is COC(=O)N(C)C1CN(C(=O)OC(C)(C)C)C1. The lowest BCUT2D eigenvalue weighted by Crippen LogP contribution is -2.61. The molecular formula is C11H20N2O4. The molecule has 1 saturated heterocycles. The minimum atomic E-state index is -0.490. The van der Waals surface area contributed by atoms with Gasteiger partial charge in [0.2, 0.25) is 0 Å². The Morgan fingerprint density at radius 2 is 1.82 bits per heavy atom. The van der Waals surface area contributed by atoms with Crippen molar-refractivity contribution in [1.29, 1.82) is 0 Å². The van der Waals surface area contributed by atoms with Crippen LogP contribution in [-0.2, 0) is 9.47 Å². The zero-order valence-corrected chi connectivity index (χ0v) is 11.0. The highest BCUT2D eigenvalue weighted by Gasteiger charge is 2.37. The highest BCUT2D eigenvalue weighted by atomic mass is 16.6. The quantitative estimate of drug-likeness (QED) is 0.697. The van der Waals surface area contributed by atoms with Gasteiger partial charge >= 0.3 is 12.2 Å². The molecule has 1 rings (SSSR count). The third-order valence-corrected chi connectivity index (χ3v) is 2.52. The molecule has 1 heterocycles. The number of carbonyl (C=O) groups excluding carboxylic acids is 2. The van der Waals surface area contributed by atoms with Gasteiger partial charge in [-0.15, -0.1) is 0 Å². The Hall–Kier alpha value is -1.46. The molecule has 6 heteroatoms. The van der Waals surface area contributed by atoms with Crippen molar-refractivity contribution < 1.29 is 19.1 Å². The first kappa shape index (κ1) is 13.6. The van der Waals surface area contributed by atoms with Crippen LogP contribution in [0.4, 0.5) is 9.59 Å². The average Bonchev–Trinajstić information content (AvgIpc) is 2.10. The third kappa shape index (κ3) is 3.51. The summed E-state index contributed by atoms with van der Waals surface area (Å²) in [7, 11) is 2.99. The Balaban J connectivity index is 2.37. The molecule has 0 N–H and O–H groups in total. The Labute approximate surface area is 101 Å². The van der Waals surface area contributed by atoms with Gasteiger partial charge in [-0.05, 0) is 20.8 Å². The summed E-state index contributed by atoms with van der Waals surface area (Å²) in [6.07, 6.45) is -0.731. The molecule has 0 radical (unpaired) electrons. The molecule has 6 nitrogen and oxygen atoms in total. The van der Waals surface area contributed by atoms with Gasteiger partial charge in [-0.25, -0.2) is 9.59 Å². The van der Waals surface area contributed by atoms with Gasteiger partial charge in [-0.1, -0.05) is 0 Å². The van der Waals surface area contributed by atoms with Crippen LogP contribution >= 0.6 is 0 Å². The lowest BCUT2D eigenvalue weighted by molar-refractivity contribution is -0.00998. The second-order valence-electron chi connectivity index (χ2n) is 5.12. The van der Waals surface area contributed by atoms with Crippen LogP contribution in [0.15, 0.2) is 0 Å². The van der Waals surface area contributed by atoms with Gasteiger partial charge in [-0.2, -0.15) is 0 Å². The van der Waals surface area contributed by atoms with Gasteiger partial charge in [0.15, 0.2) is 0 Å². The second-order valence-corrected chi connectivity index (χ2v) is 5.12. The fourth-order valence-corrected chi connectivity index (χ4v) is 1.47. The highest BCUT2D eigenvalue weighted by Crippen LogP contribution is 2.18. The largest absolute Gasteiger partial charge is 0.453 e. The number of hydrogen-bond donors (Lipinski definition) is 0. The molecule has 0 spiro atoms. The standard InChI is InChI=1S/C11H20N2O4/c1-11(2,3)17-10(15)13-6-8(7-13)12(4)9(14)16-5/h8H,6-7H2,1-5H3. The summed E-state index contributed by atoms with van der Waals surface area (Å²) < 4.78 is 9.81. The van der Waals surface area contributed by atoms with E-state index in [1.54, 1.807) is 11.9 Å². The molecule has 2 amide bonds. The number of rotatable bonds is 1. The summed E-state index contributed by atoms with van der Waals surface area (Å²) in [5.41, 5.74) is -0.490. The zero-order chi connectivity index (χ0) is 13.2. The fraction of sp³-hybridized carbons (Fsp3) is 0.818. The number of likely N-dealkylation sites (tertiary alicyclic amines) is 1. The van der Waals surface area contributed by atoms with E-state index in [1.165, 1.54) is 12.0 Å². The van der Waals surface area contributed by atoms with Crippen molar-refractivity contribution in [3.8, 4) is 0 Å². The van der Waals surface area contributed by atoms with Crippen molar-refractivity contribution in [2.75, 3.05) is 27.2 Å². The first-order chi connectivity index (χ1) is 7.74. The van der Waals surface area contributed by atoms with Gasteiger partial charge in [0.25, 0.3) is 0 Å². The van der Waals surface area contributed by atoms with Gasteiger partial charge in [-0.3, -0.25) is 0 Å². The molecule has 1 aliphatic rings. The maximum atomic E-state index is 11.6. The van der Waals surface area contributed by atoms with Gasteiger partial charge in [0.1, 0.15) is 5.60 Å². The van der Waals surface area contributed by atoms with E-state index in [2.05, 4.69) is 4.74 Å². The Bertz CT molecular complexity index is 305. The topological polar surface area (TPSA) is 59.1 Å². The van der Waals surface area contributed by atoms with Crippen molar-refractivity contribution in [2.24, 2.45) is 0 Å². The summed E-state index contributed by atoms with van der Waals surface area (Å²) in [6.45, 7) is 6.44. The zero-order valence-electron chi connectivity index (χ0n) is 11.0. The van der Waals surface area contributed by atoms with Gasteiger partial charge in [0, 0.05) is 20.1 Å². The smallest absolute Gasteiger partial charge is 0.410 e. The average molecular weight is 244 g/mol. The molecule has 1 aliphatic heterocycles. The molecule has 0 aromatic carbocycles. The molecule has 0 aliphatic carbocycles. The number of amides is 2. The molecule has 0 atom stereocenters. The minimum Gasteiger partial charge on any atom is -0.453 e. The van der Waals surface area contributed by atoms with Crippen LogP contribution in [0.25, 0.3) is 0 Å². The van der Waals surface area contributed by atoms with E-state index < -0.39 is 5.60 Å². The monoisotopic (exact) mass is 244 g/mol. The number of methoxy groups -OCH3 is 1. The lowest BCUT2D eigenvalue weighted by atomic mass is 10.1. The highest BCUT2D eigenvalue weighted by molar-refractivity contribution is 5.71.